The van der Waals surface area contributed by atoms with E-state index in [0.717, 1.165) is 5.56 Å². The van der Waals surface area contributed by atoms with Crippen LogP contribution in [-0.4, -0.2) is 182 Å². The Hall–Kier alpha value is -7.06. The van der Waals surface area contributed by atoms with Crippen LogP contribution in [0, 0.1) is 0 Å². The molecule has 6 rings (SSSR count). The first kappa shape index (κ1) is 91.8. The van der Waals surface area contributed by atoms with Crippen molar-refractivity contribution in [3.05, 3.63) is 144 Å². The van der Waals surface area contributed by atoms with Crippen molar-refractivity contribution in [2.24, 2.45) is 0 Å². The molecule has 0 heterocycles. The quantitative estimate of drug-likeness (QED) is 0.0118. The summed E-state index contributed by atoms with van der Waals surface area (Å²) < 4.78 is 364. The van der Waals surface area contributed by atoms with Gasteiger partial charge in [-0.05, 0) is 162 Å². The van der Waals surface area contributed by atoms with Crippen molar-refractivity contribution in [1.29, 1.82) is 0 Å². The second-order valence-corrected chi connectivity index (χ2v) is 25.0. The normalized spacial score (nSPS) is 14.7. The number of rotatable bonds is 53. The molecule has 4 unspecified atom stereocenters. The van der Waals surface area contributed by atoms with Crippen molar-refractivity contribution in [3.63, 3.8) is 0 Å². The maximum Gasteiger partial charge on any atom is 0.453 e. The minimum Gasteiger partial charge on any atom is -0.508 e. The number of hydrogen-bond acceptors (Lipinski definition) is 18. The predicted octanol–water partition coefficient (Wildman–Crippen LogP) is 16.4. The number of aliphatic hydroxyl groups is 4. The molecule has 0 spiro atoms. The standard InChI is InChI=1S/C70H76F22O18/c71-60(72,64(79,80)66(83,84)110-70(91,92)68(87,88)107-62(75,76)42-99-28-5-2-4-9-54(95)38-104-56-24-20-52(93)21-25-56)40-100-34-45-14-18-51-33-47(15-19-50(51)32-45)36-106-59(98)11-7-10-58(97)103-29-6-1-3-8-44-12-16-49-31-46(13-17-48(49)30-44)35-101-41-61(73,74)65(81,82)109-69(89,90)67(85,86)108-63(77,78)43-102-37-55(96)39-105-57-26-22-53(94)23-27-57/h12-27,30-33,54-55,58-59,93-98H,1-11,28-29,34-43H2. The number of phenols is 2. The highest BCUT2D eigenvalue weighted by atomic mass is 19.4. The van der Waals surface area contributed by atoms with E-state index in [2.05, 4.69) is 37.9 Å². The van der Waals surface area contributed by atoms with E-state index in [1.807, 2.05) is 0 Å². The predicted molar refractivity (Wildman–Crippen MR) is 339 cm³/mol. The lowest BCUT2D eigenvalue weighted by Crippen LogP contribution is -2.62. The molecule has 40 heteroatoms. The average molecular weight is 1620 g/mol. The first-order chi connectivity index (χ1) is 51.1. The number of aliphatic hydroxyl groups excluding tert-OH is 4. The zero-order chi connectivity index (χ0) is 81.6. The second-order valence-electron chi connectivity index (χ2n) is 25.0. The van der Waals surface area contributed by atoms with Crippen LogP contribution in [0.4, 0.5) is 96.6 Å². The smallest absolute Gasteiger partial charge is 0.453 e. The number of halogens is 22. The molecule has 0 aliphatic rings. The molecule has 4 atom stereocenters. The van der Waals surface area contributed by atoms with Crippen LogP contribution in [0.15, 0.2) is 121 Å². The first-order valence-electron chi connectivity index (χ1n) is 33.2. The Labute approximate surface area is 612 Å². The molecular weight excluding hydrogens is 1550 g/mol. The topological polar surface area (TPSA) is 232 Å². The lowest BCUT2D eigenvalue weighted by Gasteiger charge is -2.36. The summed E-state index contributed by atoms with van der Waals surface area (Å²) in [6.07, 6.45) is -53.9. The van der Waals surface area contributed by atoms with E-state index in [9.17, 15) is 127 Å². The van der Waals surface area contributed by atoms with Gasteiger partial charge in [0.15, 0.2) is 12.6 Å². The number of unbranched alkanes of at least 4 members (excludes halogenated alkanes) is 4. The van der Waals surface area contributed by atoms with Gasteiger partial charge >= 0.3 is 66.6 Å². The third kappa shape index (κ3) is 28.5. The lowest BCUT2D eigenvalue weighted by atomic mass is 10.0. The monoisotopic (exact) mass is 1620 g/mol. The number of fused-ring (bicyclic) bond motifs is 2. The molecule has 0 saturated carbocycles. The molecule has 6 aromatic carbocycles. The number of ether oxygens (including phenoxy) is 12. The van der Waals surface area contributed by atoms with Crippen molar-refractivity contribution in [3.8, 4) is 23.0 Å². The Kier molecular flexibility index (Phi) is 33.1. The molecule has 6 N–H and O–H groups in total. The van der Waals surface area contributed by atoms with Crippen LogP contribution in [0.25, 0.3) is 21.5 Å². The summed E-state index contributed by atoms with van der Waals surface area (Å²) in [7, 11) is 0. The molecule has 0 bridgehead atoms. The summed E-state index contributed by atoms with van der Waals surface area (Å²) in [6, 6.07) is 28.2. The van der Waals surface area contributed by atoms with Crippen LogP contribution in [-0.2, 0) is 73.6 Å². The highest BCUT2D eigenvalue weighted by Gasteiger charge is 2.78. The number of hydrogen-bond donors (Lipinski definition) is 6. The highest BCUT2D eigenvalue weighted by Crippen LogP contribution is 2.52. The third-order valence-corrected chi connectivity index (χ3v) is 15.5. The van der Waals surface area contributed by atoms with E-state index in [4.69, 9.17) is 18.9 Å². The summed E-state index contributed by atoms with van der Waals surface area (Å²) in [4.78, 5) is 0. The molecule has 0 fully saturated rings. The fourth-order valence-corrected chi connectivity index (χ4v) is 9.75. The third-order valence-electron chi connectivity index (χ3n) is 15.5. The SMILES string of the molecule is Oc1ccc(OCC(O)CCCCCOCC(F)(F)OC(F)(F)C(F)(F)OC(F)(F)C(F)(F)C(F)(F)COCc2ccc3cc(COC(O)CCCC(O)OCCCCCc4ccc5cc(COCC(F)(F)C(F)(F)OC(F)(F)C(F)(F)OC(F)(F)COCC(O)COc6ccc(O)cc6)ccc5c4)ccc3c2)cc1. The summed E-state index contributed by atoms with van der Waals surface area (Å²) in [5.74, 6) is -18.7. The Bertz CT molecular complexity index is 3750. The van der Waals surface area contributed by atoms with E-state index in [-0.39, 0.29) is 93.1 Å². The van der Waals surface area contributed by atoms with E-state index >= 15 is 0 Å². The van der Waals surface area contributed by atoms with Crippen LogP contribution in [0.2, 0.25) is 0 Å². The van der Waals surface area contributed by atoms with Gasteiger partial charge in [-0.25, -0.2) is 18.9 Å². The van der Waals surface area contributed by atoms with Gasteiger partial charge in [-0.2, -0.15) is 96.6 Å². The molecule has 0 amide bonds. The maximum atomic E-state index is 14.6. The van der Waals surface area contributed by atoms with Gasteiger partial charge in [0.2, 0.25) is 0 Å². The molecule has 110 heavy (non-hydrogen) atoms. The summed E-state index contributed by atoms with van der Waals surface area (Å²) in [5, 5.41) is 61.0. The molecule has 0 aromatic heterocycles. The van der Waals surface area contributed by atoms with Gasteiger partial charge in [-0.15, -0.1) is 0 Å². The van der Waals surface area contributed by atoms with E-state index < -0.39 is 151 Å². The molecule has 0 saturated heterocycles. The second kappa shape index (κ2) is 39.6. The summed E-state index contributed by atoms with van der Waals surface area (Å²) >= 11 is 0. The van der Waals surface area contributed by atoms with Crippen LogP contribution >= 0.6 is 0 Å². The van der Waals surface area contributed by atoms with Crippen molar-refractivity contribution in [1.82, 2.24) is 0 Å². The van der Waals surface area contributed by atoms with Crippen molar-refractivity contribution < 1.29 is 184 Å². The largest absolute Gasteiger partial charge is 0.508 e. The maximum absolute atomic E-state index is 14.6. The molecular formula is C70H76F22O18. The zero-order valence-electron chi connectivity index (χ0n) is 57.5. The van der Waals surface area contributed by atoms with Gasteiger partial charge in [0.25, 0.3) is 0 Å². The zero-order valence-corrected chi connectivity index (χ0v) is 57.5. The van der Waals surface area contributed by atoms with E-state index in [0.29, 0.717) is 58.5 Å². The van der Waals surface area contributed by atoms with Crippen molar-refractivity contribution in [2.45, 2.75) is 182 Å². The molecule has 18 nitrogen and oxygen atoms in total. The van der Waals surface area contributed by atoms with Crippen molar-refractivity contribution in [2.75, 3.05) is 59.5 Å². The van der Waals surface area contributed by atoms with E-state index in [1.165, 1.54) is 97.1 Å². The minimum absolute atomic E-state index is 0.0321. The Morgan fingerprint density at radius 1 is 0.309 bits per heavy atom. The van der Waals surface area contributed by atoms with Gasteiger partial charge < -0.3 is 68.5 Å². The Morgan fingerprint density at radius 2 is 0.709 bits per heavy atom. The number of aryl methyl sites for hydroxylation is 1. The van der Waals surface area contributed by atoms with Crippen LogP contribution in [0.1, 0.15) is 86.5 Å². The number of benzene rings is 6. The first-order valence-corrected chi connectivity index (χ1v) is 33.2. The number of alkyl halides is 22. The van der Waals surface area contributed by atoms with Crippen LogP contribution in [0.3, 0.4) is 0 Å². The Balaban J connectivity index is 0.812. The van der Waals surface area contributed by atoms with Gasteiger partial charge in [-0.3, -0.25) is 0 Å². The molecule has 0 aliphatic heterocycles. The molecule has 6 aromatic rings. The van der Waals surface area contributed by atoms with Crippen LogP contribution in [0.5, 0.6) is 23.0 Å². The fraction of sp³-hybridized carbons (Fsp3) is 0.543. The summed E-state index contributed by atoms with van der Waals surface area (Å²) in [5.41, 5.74) is 1.42. The molecule has 618 valence electrons. The number of aromatic hydroxyl groups is 2. The lowest BCUT2D eigenvalue weighted by molar-refractivity contribution is -0.537. The molecule has 0 radical (unpaired) electrons. The summed E-state index contributed by atoms with van der Waals surface area (Å²) in [6.45, 7) is -13.9. The van der Waals surface area contributed by atoms with Gasteiger partial charge in [0, 0.05) is 13.2 Å². The van der Waals surface area contributed by atoms with Gasteiger partial charge in [0.1, 0.15) is 68.7 Å². The Morgan fingerprint density at radius 3 is 1.21 bits per heavy atom. The van der Waals surface area contributed by atoms with Crippen LogP contribution < -0.4 is 9.47 Å². The minimum atomic E-state index is -7.19. The van der Waals surface area contributed by atoms with E-state index in [1.54, 1.807) is 24.3 Å². The van der Waals surface area contributed by atoms with Gasteiger partial charge in [-0.1, -0.05) is 73.9 Å². The molecule has 0 aliphatic carbocycles. The van der Waals surface area contributed by atoms with Gasteiger partial charge in [0.05, 0.1) is 32.5 Å². The number of phenolic OH excluding ortho intramolecular Hbond substituents is 2. The average Bonchev–Trinajstić information content (AvgIpc) is 0.756. The fourth-order valence-electron chi connectivity index (χ4n) is 9.75. The highest BCUT2D eigenvalue weighted by molar-refractivity contribution is 5.84. The van der Waals surface area contributed by atoms with Crippen molar-refractivity contribution >= 4 is 21.5 Å².